The van der Waals surface area contributed by atoms with E-state index in [4.69, 9.17) is 9.97 Å². The molecule has 0 aliphatic heterocycles. The van der Waals surface area contributed by atoms with Gasteiger partial charge in [0.25, 0.3) is 0 Å². The number of fused-ring (bicyclic) bond motifs is 1. The number of hydrogen-bond donors (Lipinski definition) is 1. The SMILES string of the molecule is Oc1ccccc1-c1cccc(-c2cccc3c2nc(N(c2ccccc2)c2ccccc2)n3-c2ccccc2)n1. The summed E-state index contributed by atoms with van der Waals surface area (Å²) >= 11 is 0. The topological polar surface area (TPSA) is 54.2 Å². The maximum absolute atomic E-state index is 10.5. The molecule has 0 bridgehead atoms. The lowest BCUT2D eigenvalue weighted by atomic mass is 10.1. The summed E-state index contributed by atoms with van der Waals surface area (Å²) in [5.74, 6) is 0.972. The van der Waals surface area contributed by atoms with Gasteiger partial charge in [0, 0.05) is 28.2 Å². The number of aromatic nitrogens is 3. The molecule has 2 aromatic heterocycles. The van der Waals surface area contributed by atoms with Gasteiger partial charge in [-0.2, -0.15) is 0 Å². The lowest BCUT2D eigenvalue weighted by molar-refractivity contribution is 0.477. The predicted octanol–water partition coefficient (Wildman–Crippen LogP) is 8.93. The van der Waals surface area contributed by atoms with Crippen molar-refractivity contribution in [1.29, 1.82) is 0 Å². The van der Waals surface area contributed by atoms with Gasteiger partial charge >= 0.3 is 0 Å². The minimum atomic E-state index is 0.201. The van der Waals surface area contributed by atoms with Gasteiger partial charge in [0.1, 0.15) is 11.3 Å². The summed E-state index contributed by atoms with van der Waals surface area (Å²) in [4.78, 5) is 12.5. The van der Waals surface area contributed by atoms with Crippen LogP contribution in [0.15, 0.2) is 152 Å². The monoisotopic (exact) mass is 530 g/mol. The Morgan fingerprint density at radius 1 is 0.488 bits per heavy atom. The first-order chi connectivity index (χ1) is 20.3. The summed E-state index contributed by atoms with van der Waals surface area (Å²) in [6.07, 6.45) is 0. The zero-order chi connectivity index (χ0) is 27.6. The minimum Gasteiger partial charge on any atom is -0.507 e. The molecule has 7 rings (SSSR count). The van der Waals surface area contributed by atoms with Gasteiger partial charge in [-0.3, -0.25) is 9.47 Å². The summed E-state index contributed by atoms with van der Waals surface area (Å²) in [6.45, 7) is 0. The van der Waals surface area contributed by atoms with Gasteiger partial charge in [-0.25, -0.2) is 9.97 Å². The Hall–Kier alpha value is -5.68. The van der Waals surface area contributed by atoms with Crippen LogP contribution in [0.1, 0.15) is 0 Å². The second-order valence-corrected chi connectivity index (χ2v) is 9.69. The number of benzene rings is 5. The number of rotatable bonds is 6. The van der Waals surface area contributed by atoms with Crippen molar-refractivity contribution in [2.45, 2.75) is 0 Å². The zero-order valence-electron chi connectivity index (χ0n) is 22.2. The summed E-state index contributed by atoms with van der Waals surface area (Å²) in [6, 6.07) is 50.3. The van der Waals surface area contributed by atoms with Crippen LogP contribution in [0.3, 0.4) is 0 Å². The predicted molar refractivity (Wildman–Crippen MR) is 166 cm³/mol. The number of aromatic hydroxyl groups is 1. The van der Waals surface area contributed by atoms with Crippen LogP contribution in [0.2, 0.25) is 0 Å². The van der Waals surface area contributed by atoms with Crippen molar-refractivity contribution in [3.05, 3.63) is 152 Å². The lowest BCUT2D eigenvalue weighted by Crippen LogP contribution is -2.15. The number of anilines is 3. The van der Waals surface area contributed by atoms with E-state index in [-0.39, 0.29) is 5.75 Å². The van der Waals surface area contributed by atoms with Crippen molar-refractivity contribution in [3.63, 3.8) is 0 Å². The first-order valence-electron chi connectivity index (χ1n) is 13.5. The molecule has 5 nitrogen and oxygen atoms in total. The van der Waals surface area contributed by atoms with E-state index in [0.29, 0.717) is 11.3 Å². The van der Waals surface area contributed by atoms with Crippen LogP contribution >= 0.6 is 0 Å². The van der Waals surface area contributed by atoms with Crippen LogP contribution in [-0.2, 0) is 0 Å². The van der Waals surface area contributed by atoms with E-state index in [9.17, 15) is 5.11 Å². The van der Waals surface area contributed by atoms with E-state index in [1.807, 2.05) is 97.1 Å². The maximum atomic E-state index is 10.5. The summed E-state index contributed by atoms with van der Waals surface area (Å²) in [7, 11) is 0. The normalized spacial score (nSPS) is 11.0. The van der Waals surface area contributed by atoms with Gasteiger partial charge in [0.2, 0.25) is 5.95 Å². The molecule has 0 radical (unpaired) electrons. The Kier molecular flexibility index (Phi) is 6.22. The molecule has 5 aromatic carbocycles. The maximum Gasteiger partial charge on any atom is 0.220 e. The molecule has 5 heteroatoms. The molecule has 0 aliphatic rings. The molecule has 0 aliphatic carbocycles. The molecule has 0 atom stereocenters. The Balaban J connectivity index is 1.50. The molecule has 0 fully saturated rings. The molecule has 0 saturated carbocycles. The molecule has 2 heterocycles. The van der Waals surface area contributed by atoms with Crippen molar-refractivity contribution in [1.82, 2.24) is 14.5 Å². The molecule has 1 N–H and O–H groups in total. The van der Waals surface area contributed by atoms with Crippen LogP contribution in [0.25, 0.3) is 39.2 Å². The number of phenolic OH excluding ortho intramolecular Hbond substituents is 1. The Bertz CT molecular complexity index is 1910. The number of imidazole rings is 1. The molecule has 0 saturated heterocycles. The highest BCUT2D eigenvalue weighted by atomic mass is 16.3. The van der Waals surface area contributed by atoms with E-state index in [2.05, 4.69) is 58.0 Å². The highest BCUT2D eigenvalue weighted by molar-refractivity contribution is 5.95. The van der Waals surface area contributed by atoms with Gasteiger partial charge in [0.05, 0.1) is 16.9 Å². The highest BCUT2D eigenvalue weighted by Gasteiger charge is 2.23. The largest absolute Gasteiger partial charge is 0.507 e. The molecule has 0 spiro atoms. The fourth-order valence-electron chi connectivity index (χ4n) is 5.23. The Labute approximate surface area is 238 Å². The van der Waals surface area contributed by atoms with Crippen LogP contribution in [0.4, 0.5) is 17.3 Å². The van der Waals surface area contributed by atoms with Gasteiger partial charge in [-0.15, -0.1) is 0 Å². The third-order valence-corrected chi connectivity index (χ3v) is 7.12. The smallest absolute Gasteiger partial charge is 0.220 e. The number of pyridine rings is 1. The Morgan fingerprint density at radius 3 is 1.68 bits per heavy atom. The molecule has 41 heavy (non-hydrogen) atoms. The average Bonchev–Trinajstić information content (AvgIpc) is 3.42. The fraction of sp³-hybridized carbons (Fsp3) is 0. The van der Waals surface area contributed by atoms with Gasteiger partial charge in [-0.1, -0.05) is 84.9 Å². The van der Waals surface area contributed by atoms with Gasteiger partial charge < -0.3 is 5.11 Å². The molecule has 7 aromatic rings. The molecular weight excluding hydrogens is 504 g/mol. The van der Waals surface area contributed by atoms with Crippen LogP contribution < -0.4 is 4.90 Å². The molecule has 196 valence electrons. The van der Waals surface area contributed by atoms with E-state index in [0.717, 1.165) is 45.3 Å². The lowest BCUT2D eigenvalue weighted by Gasteiger charge is -2.25. The quantitative estimate of drug-likeness (QED) is 0.233. The number of phenols is 1. The first-order valence-corrected chi connectivity index (χ1v) is 13.5. The minimum absolute atomic E-state index is 0.201. The second-order valence-electron chi connectivity index (χ2n) is 9.69. The summed E-state index contributed by atoms with van der Waals surface area (Å²) < 4.78 is 2.20. The zero-order valence-corrected chi connectivity index (χ0v) is 22.2. The third-order valence-electron chi connectivity index (χ3n) is 7.12. The number of hydrogen-bond acceptors (Lipinski definition) is 4. The van der Waals surface area contributed by atoms with E-state index < -0.39 is 0 Å². The van der Waals surface area contributed by atoms with Gasteiger partial charge in [-0.05, 0) is 66.7 Å². The molecule has 0 unspecified atom stereocenters. The van der Waals surface area contributed by atoms with Crippen molar-refractivity contribution in [3.8, 4) is 34.0 Å². The van der Waals surface area contributed by atoms with E-state index >= 15 is 0 Å². The van der Waals surface area contributed by atoms with Crippen molar-refractivity contribution < 1.29 is 5.11 Å². The Morgan fingerprint density at radius 2 is 1.02 bits per heavy atom. The third kappa shape index (κ3) is 4.49. The van der Waals surface area contributed by atoms with Crippen LogP contribution in [-0.4, -0.2) is 19.6 Å². The fourth-order valence-corrected chi connectivity index (χ4v) is 5.23. The van der Waals surface area contributed by atoms with E-state index in [1.54, 1.807) is 6.07 Å². The van der Waals surface area contributed by atoms with Crippen LogP contribution in [0.5, 0.6) is 5.75 Å². The van der Waals surface area contributed by atoms with Crippen LogP contribution in [0, 0.1) is 0 Å². The average molecular weight is 531 g/mol. The number of para-hydroxylation sites is 5. The second kappa shape index (κ2) is 10.5. The van der Waals surface area contributed by atoms with Gasteiger partial charge in [0.15, 0.2) is 0 Å². The molecular formula is C36H26N4O. The standard InChI is InChI=1S/C36H26N4O/c41-34-25-11-10-20-29(34)31-22-13-23-32(37-31)30-21-12-24-33-35(30)38-36(40(33)28-18-8-3-9-19-28)39(26-14-4-1-5-15-26)27-16-6-2-7-17-27/h1-25,41H. The highest BCUT2D eigenvalue weighted by Crippen LogP contribution is 2.40. The van der Waals surface area contributed by atoms with E-state index in [1.165, 1.54) is 0 Å². The van der Waals surface area contributed by atoms with Crippen molar-refractivity contribution in [2.75, 3.05) is 4.90 Å². The first kappa shape index (κ1) is 24.4. The van der Waals surface area contributed by atoms with Crippen molar-refractivity contribution in [2.24, 2.45) is 0 Å². The number of nitrogens with zero attached hydrogens (tertiary/aromatic N) is 4. The molecule has 0 amide bonds. The van der Waals surface area contributed by atoms with Crippen molar-refractivity contribution >= 4 is 28.4 Å². The summed E-state index contributed by atoms with van der Waals surface area (Å²) in [5, 5.41) is 10.5. The summed E-state index contributed by atoms with van der Waals surface area (Å²) in [5.41, 5.74) is 7.92.